The van der Waals surface area contributed by atoms with Crippen LogP contribution in [-0.4, -0.2) is 40.4 Å². The van der Waals surface area contributed by atoms with E-state index in [-0.39, 0.29) is 5.91 Å². The number of benzene rings is 2. The van der Waals surface area contributed by atoms with Gasteiger partial charge in [-0.25, -0.2) is 0 Å². The van der Waals surface area contributed by atoms with Crippen molar-refractivity contribution in [3.05, 3.63) is 53.6 Å². The van der Waals surface area contributed by atoms with Crippen LogP contribution in [0.3, 0.4) is 0 Å². The number of rotatable bonds is 10. The topological polar surface area (TPSA) is 66.0 Å². The fourth-order valence-electron chi connectivity index (χ4n) is 2.66. The van der Waals surface area contributed by atoms with Gasteiger partial charge in [0.2, 0.25) is 5.91 Å². The predicted octanol–water partition coefficient (Wildman–Crippen LogP) is 3.48. The first kappa shape index (κ1) is 21.2. The van der Waals surface area contributed by atoms with Gasteiger partial charge in [-0.3, -0.25) is 4.79 Å². The molecule has 6 nitrogen and oxygen atoms in total. The average Bonchev–Trinajstić information content (AvgIpc) is 2.73. The Kier molecular flexibility index (Phi) is 8.21. The summed E-state index contributed by atoms with van der Waals surface area (Å²) in [4.78, 5) is 12.1. The molecule has 0 aliphatic carbocycles. The highest BCUT2D eigenvalue weighted by molar-refractivity contribution is 5.91. The molecule has 1 N–H and O–H groups in total. The molecule has 1 amide bonds. The number of hydrogen-bond acceptors (Lipinski definition) is 5. The third-order valence-electron chi connectivity index (χ3n) is 4.08. The van der Waals surface area contributed by atoms with Gasteiger partial charge in [0.1, 0.15) is 0 Å². The van der Waals surface area contributed by atoms with Crippen LogP contribution in [0.4, 0.5) is 0 Å². The van der Waals surface area contributed by atoms with Gasteiger partial charge >= 0.3 is 0 Å². The summed E-state index contributed by atoms with van der Waals surface area (Å²) in [6, 6.07) is 11.3. The molecular weight excluding hydrogens is 358 g/mol. The Hall–Kier alpha value is -3.15. The van der Waals surface area contributed by atoms with Gasteiger partial charge in [0.15, 0.2) is 23.0 Å². The fraction of sp³-hybridized carbons (Fsp3) is 0.318. The van der Waals surface area contributed by atoms with E-state index in [4.69, 9.17) is 18.9 Å². The van der Waals surface area contributed by atoms with Crippen LogP contribution in [0.2, 0.25) is 0 Å². The Bertz CT molecular complexity index is 817. The Balaban J connectivity index is 1.88. The predicted molar refractivity (Wildman–Crippen MR) is 109 cm³/mol. The van der Waals surface area contributed by atoms with Crippen LogP contribution < -0.4 is 24.3 Å². The number of carbonyl (C=O) groups excluding carboxylic acids is 1. The molecule has 0 aromatic heterocycles. The molecule has 0 unspecified atom stereocenters. The van der Waals surface area contributed by atoms with Crippen LogP contribution >= 0.6 is 0 Å². The molecule has 0 fully saturated rings. The summed E-state index contributed by atoms with van der Waals surface area (Å²) in [7, 11) is 4.79. The molecular formula is C22H27NO5. The first-order valence-corrected chi connectivity index (χ1v) is 9.09. The molecule has 6 heteroatoms. The summed E-state index contributed by atoms with van der Waals surface area (Å²) in [5.41, 5.74) is 1.91. The van der Waals surface area contributed by atoms with Crippen molar-refractivity contribution >= 4 is 12.0 Å². The minimum Gasteiger partial charge on any atom is -0.493 e. The molecule has 0 saturated heterocycles. The van der Waals surface area contributed by atoms with Crippen LogP contribution in [0, 0.1) is 0 Å². The summed E-state index contributed by atoms with van der Waals surface area (Å²) in [5.74, 6) is 2.52. The number of carbonyl (C=O) groups is 1. The molecule has 28 heavy (non-hydrogen) atoms. The largest absolute Gasteiger partial charge is 0.493 e. The fourth-order valence-corrected chi connectivity index (χ4v) is 2.66. The van der Waals surface area contributed by atoms with Gasteiger partial charge in [-0.2, -0.15) is 0 Å². The number of ether oxygens (including phenoxy) is 4. The molecule has 2 aromatic rings. The van der Waals surface area contributed by atoms with E-state index in [0.29, 0.717) is 42.6 Å². The number of amides is 1. The standard InChI is InChI=1S/C22H27NO5/c1-5-28-19-10-7-16(14-21(19)27-4)8-11-22(24)23-13-12-17-6-9-18(25-2)20(15-17)26-3/h6-11,14-15H,5,12-13H2,1-4H3,(H,23,24)/b11-8+. The lowest BCUT2D eigenvalue weighted by Gasteiger charge is -2.10. The zero-order valence-electron chi connectivity index (χ0n) is 16.8. The maximum atomic E-state index is 12.1. The zero-order valence-corrected chi connectivity index (χ0v) is 16.8. The van der Waals surface area contributed by atoms with E-state index in [0.717, 1.165) is 11.1 Å². The summed E-state index contributed by atoms with van der Waals surface area (Å²) in [5, 5.41) is 2.87. The molecule has 0 atom stereocenters. The molecule has 0 heterocycles. The van der Waals surface area contributed by atoms with Gasteiger partial charge in [-0.1, -0.05) is 12.1 Å². The van der Waals surface area contributed by atoms with Gasteiger partial charge in [-0.05, 0) is 54.8 Å². The minimum atomic E-state index is -0.159. The van der Waals surface area contributed by atoms with Crippen molar-refractivity contribution in [2.45, 2.75) is 13.3 Å². The van der Waals surface area contributed by atoms with Crippen LogP contribution in [0.5, 0.6) is 23.0 Å². The van der Waals surface area contributed by atoms with Gasteiger partial charge < -0.3 is 24.3 Å². The van der Waals surface area contributed by atoms with Gasteiger partial charge in [0.25, 0.3) is 0 Å². The van der Waals surface area contributed by atoms with E-state index in [9.17, 15) is 4.79 Å². The van der Waals surface area contributed by atoms with Crippen molar-refractivity contribution in [1.82, 2.24) is 5.32 Å². The van der Waals surface area contributed by atoms with E-state index in [1.807, 2.05) is 43.3 Å². The lowest BCUT2D eigenvalue weighted by Crippen LogP contribution is -2.23. The number of hydrogen-bond donors (Lipinski definition) is 1. The third kappa shape index (κ3) is 5.94. The van der Waals surface area contributed by atoms with E-state index < -0.39 is 0 Å². The third-order valence-corrected chi connectivity index (χ3v) is 4.08. The molecule has 150 valence electrons. The monoisotopic (exact) mass is 385 g/mol. The Morgan fingerprint density at radius 3 is 2.29 bits per heavy atom. The molecule has 2 aromatic carbocycles. The smallest absolute Gasteiger partial charge is 0.244 e. The van der Waals surface area contributed by atoms with Crippen LogP contribution in [0.25, 0.3) is 6.08 Å². The molecule has 0 aliphatic rings. The van der Waals surface area contributed by atoms with E-state index in [1.54, 1.807) is 27.4 Å². The molecule has 0 bridgehead atoms. The van der Waals surface area contributed by atoms with Gasteiger partial charge in [0.05, 0.1) is 27.9 Å². The van der Waals surface area contributed by atoms with Gasteiger partial charge in [-0.15, -0.1) is 0 Å². The molecule has 0 saturated carbocycles. The van der Waals surface area contributed by atoms with Crippen LogP contribution in [0.15, 0.2) is 42.5 Å². The maximum Gasteiger partial charge on any atom is 0.244 e. The maximum absolute atomic E-state index is 12.1. The lowest BCUT2D eigenvalue weighted by molar-refractivity contribution is -0.116. The van der Waals surface area contributed by atoms with E-state index >= 15 is 0 Å². The first-order chi connectivity index (χ1) is 13.6. The van der Waals surface area contributed by atoms with Crippen LogP contribution in [-0.2, 0) is 11.2 Å². The van der Waals surface area contributed by atoms with Crippen molar-refractivity contribution in [3.63, 3.8) is 0 Å². The zero-order chi connectivity index (χ0) is 20.4. The molecule has 0 aliphatic heterocycles. The second kappa shape index (κ2) is 10.9. The minimum absolute atomic E-state index is 0.159. The number of nitrogens with one attached hydrogen (secondary N) is 1. The second-order valence-electron chi connectivity index (χ2n) is 5.91. The number of methoxy groups -OCH3 is 3. The summed E-state index contributed by atoms with van der Waals surface area (Å²) < 4.78 is 21.3. The highest BCUT2D eigenvalue weighted by Gasteiger charge is 2.06. The quantitative estimate of drug-likeness (QED) is 0.634. The lowest BCUT2D eigenvalue weighted by atomic mass is 10.1. The van der Waals surface area contributed by atoms with Crippen molar-refractivity contribution < 1.29 is 23.7 Å². The summed E-state index contributed by atoms with van der Waals surface area (Å²) >= 11 is 0. The molecule has 0 spiro atoms. The van der Waals surface area contributed by atoms with Crippen molar-refractivity contribution in [2.75, 3.05) is 34.5 Å². The van der Waals surface area contributed by atoms with E-state index in [1.165, 1.54) is 6.08 Å². The van der Waals surface area contributed by atoms with Crippen molar-refractivity contribution in [2.24, 2.45) is 0 Å². The Morgan fingerprint density at radius 1 is 0.929 bits per heavy atom. The van der Waals surface area contributed by atoms with Crippen molar-refractivity contribution in [1.29, 1.82) is 0 Å². The SMILES string of the molecule is CCOc1ccc(/C=C/C(=O)NCCc2ccc(OC)c(OC)c2)cc1OC. The summed E-state index contributed by atoms with van der Waals surface area (Å²) in [6.07, 6.45) is 3.94. The summed E-state index contributed by atoms with van der Waals surface area (Å²) in [6.45, 7) is 3.00. The highest BCUT2D eigenvalue weighted by Crippen LogP contribution is 2.29. The Labute approximate surface area is 166 Å². The van der Waals surface area contributed by atoms with E-state index in [2.05, 4.69) is 5.32 Å². The Morgan fingerprint density at radius 2 is 1.61 bits per heavy atom. The average molecular weight is 385 g/mol. The van der Waals surface area contributed by atoms with Crippen molar-refractivity contribution in [3.8, 4) is 23.0 Å². The van der Waals surface area contributed by atoms with Crippen LogP contribution in [0.1, 0.15) is 18.1 Å². The molecule has 0 radical (unpaired) electrons. The molecule has 2 rings (SSSR count). The first-order valence-electron chi connectivity index (χ1n) is 9.09. The normalized spacial score (nSPS) is 10.6. The van der Waals surface area contributed by atoms with Gasteiger partial charge in [0, 0.05) is 12.6 Å². The highest BCUT2D eigenvalue weighted by atomic mass is 16.5. The second-order valence-corrected chi connectivity index (χ2v) is 5.91.